The van der Waals surface area contributed by atoms with Crippen molar-refractivity contribution in [2.75, 3.05) is 18.2 Å². The van der Waals surface area contributed by atoms with Crippen molar-refractivity contribution in [2.45, 2.75) is 0 Å². The van der Waals surface area contributed by atoms with Crippen LogP contribution >= 0.6 is 11.6 Å². The Hall–Kier alpha value is -4.45. The molecule has 1 heterocycles. The second kappa shape index (κ2) is 10.0. The highest BCUT2D eigenvalue weighted by molar-refractivity contribution is 6.33. The second-order valence-electron chi connectivity index (χ2n) is 5.90. The summed E-state index contributed by atoms with van der Waals surface area (Å²) < 4.78 is 10.8. The second-order valence-corrected chi connectivity index (χ2v) is 6.31. The zero-order chi connectivity index (χ0) is 23.1. The van der Waals surface area contributed by atoms with E-state index in [4.69, 9.17) is 26.8 Å². The number of nitro benzene ring substituents is 1. The number of benzene rings is 2. The van der Waals surface area contributed by atoms with Crippen LogP contribution in [0.15, 0.2) is 53.9 Å². The van der Waals surface area contributed by atoms with Gasteiger partial charge in [0, 0.05) is 18.2 Å². The average molecular weight is 459 g/mol. The van der Waals surface area contributed by atoms with Crippen LogP contribution in [0.1, 0.15) is 5.56 Å². The molecule has 0 spiro atoms. The van der Waals surface area contributed by atoms with Gasteiger partial charge in [0.15, 0.2) is 0 Å². The fourth-order valence-corrected chi connectivity index (χ4v) is 2.57. The molecule has 3 aromatic rings. The van der Waals surface area contributed by atoms with Gasteiger partial charge in [-0.25, -0.2) is 14.8 Å². The molecule has 0 aliphatic rings. The number of carbonyl (C=O) groups is 1. The molecule has 1 amide bonds. The Morgan fingerprint density at radius 1 is 1.22 bits per heavy atom. The number of nitrogens with one attached hydrogen (secondary N) is 1. The number of nitrogen functional groups attached to an aromatic ring is 1. The van der Waals surface area contributed by atoms with Gasteiger partial charge >= 0.3 is 6.09 Å². The van der Waals surface area contributed by atoms with E-state index in [1.54, 1.807) is 0 Å². The number of carbonyl (C=O) groups excluding carboxylic acids is 1. The molecular formula is C19H15ClN6O6. The average Bonchev–Trinajstić information content (AvgIpc) is 2.75. The lowest BCUT2D eigenvalue weighted by Crippen LogP contribution is -2.17. The number of nitrogens with two attached hydrogens (primary N) is 1. The van der Waals surface area contributed by atoms with Gasteiger partial charge in [0.1, 0.15) is 36.3 Å². The van der Waals surface area contributed by atoms with Gasteiger partial charge in [0.2, 0.25) is 5.88 Å². The first kappa shape index (κ1) is 22.2. The summed E-state index contributed by atoms with van der Waals surface area (Å²) in [6, 6.07) is 9.49. The molecule has 32 heavy (non-hydrogen) atoms. The van der Waals surface area contributed by atoms with E-state index in [9.17, 15) is 14.9 Å². The van der Waals surface area contributed by atoms with Gasteiger partial charge in [0.05, 0.1) is 21.8 Å². The van der Waals surface area contributed by atoms with Crippen LogP contribution in [0.25, 0.3) is 0 Å². The van der Waals surface area contributed by atoms with Crippen molar-refractivity contribution >= 4 is 41.1 Å². The zero-order valence-electron chi connectivity index (χ0n) is 16.4. The first-order valence-corrected chi connectivity index (χ1v) is 9.13. The molecule has 13 heteroatoms. The molecule has 0 saturated heterocycles. The number of halogens is 1. The van der Waals surface area contributed by atoms with E-state index in [2.05, 4.69) is 25.3 Å². The van der Waals surface area contributed by atoms with Gasteiger partial charge < -0.3 is 20.0 Å². The zero-order valence-corrected chi connectivity index (χ0v) is 17.1. The van der Waals surface area contributed by atoms with E-state index in [1.807, 2.05) is 0 Å². The topological polar surface area (TPSA) is 164 Å². The summed E-state index contributed by atoms with van der Waals surface area (Å²) >= 11 is 6.22. The van der Waals surface area contributed by atoms with Crippen molar-refractivity contribution in [1.29, 1.82) is 0 Å². The van der Waals surface area contributed by atoms with E-state index in [0.29, 0.717) is 11.3 Å². The molecule has 164 valence electrons. The summed E-state index contributed by atoms with van der Waals surface area (Å²) in [6.45, 7) is 0. The first-order chi connectivity index (χ1) is 15.4. The maximum atomic E-state index is 12.1. The Balaban J connectivity index is 1.69. The molecule has 3 rings (SSSR count). The normalized spacial score (nSPS) is 10.6. The number of non-ortho nitro benzene ring substituents is 1. The minimum absolute atomic E-state index is 0.118. The number of ether oxygens (including phenoxy) is 2. The van der Waals surface area contributed by atoms with Crippen molar-refractivity contribution in [3.63, 3.8) is 0 Å². The largest absolute Gasteiger partial charge is 0.438 e. The van der Waals surface area contributed by atoms with Crippen LogP contribution in [0.2, 0.25) is 5.02 Å². The Morgan fingerprint density at radius 3 is 2.59 bits per heavy atom. The van der Waals surface area contributed by atoms with Gasteiger partial charge in [-0.15, -0.1) is 0 Å². The fraction of sp³-hybridized carbons (Fsp3) is 0.0526. The summed E-state index contributed by atoms with van der Waals surface area (Å²) in [5, 5.41) is 16.9. The maximum absolute atomic E-state index is 12.1. The number of nitro groups is 1. The highest BCUT2D eigenvalue weighted by atomic mass is 35.5. The molecule has 0 atom stereocenters. The summed E-state index contributed by atoms with van der Waals surface area (Å²) in [5.74, 6) is 0.673. The van der Waals surface area contributed by atoms with Gasteiger partial charge in [-0.2, -0.15) is 0 Å². The van der Waals surface area contributed by atoms with Gasteiger partial charge in [-0.1, -0.05) is 16.8 Å². The number of aromatic nitrogens is 2. The Bertz CT molecular complexity index is 1170. The minimum atomic E-state index is -0.837. The third-order valence-corrected chi connectivity index (χ3v) is 4.13. The Kier molecular flexibility index (Phi) is 6.98. The molecule has 2 aromatic carbocycles. The predicted molar refractivity (Wildman–Crippen MR) is 115 cm³/mol. The lowest BCUT2D eigenvalue weighted by atomic mass is 10.3. The SMILES string of the molecule is CON=Cc1c(N)ncnc1Oc1ccc(NC(=O)Oc2ccc([N+](=O)[O-])cc2)c(Cl)c1. The highest BCUT2D eigenvalue weighted by Gasteiger charge is 2.13. The lowest BCUT2D eigenvalue weighted by Gasteiger charge is -2.11. The van der Waals surface area contributed by atoms with Crippen LogP contribution in [0.3, 0.4) is 0 Å². The fourth-order valence-electron chi connectivity index (χ4n) is 2.35. The molecule has 0 aliphatic carbocycles. The number of anilines is 2. The summed E-state index contributed by atoms with van der Waals surface area (Å²) in [7, 11) is 1.37. The number of rotatable bonds is 7. The number of nitrogens with zero attached hydrogens (tertiary/aromatic N) is 4. The highest BCUT2D eigenvalue weighted by Crippen LogP contribution is 2.31. The molecule has 0 unspecified atom stereocenters. The minimum Gasteiger partial charge on any atom is -0.438 e. The van der Waals surface area contributed by atoms with E-state index >= 15 is 0 Å². The standard InChI is InChI=1S/C19H15ClN6O6/c1-30-24-9-14-17(21)22-10-23-18(14)31-13-6-7-16(15(20)8-13)25-19(27)32-12-4-2-11(3-5-12)26(28)29/h2-10H,1H3,(H,25,27)(H2,21,22,23). The summed E-state index contributed by atoms with van der Waals surface area (Å²) in [4.78, 5) is 34.7. The molecule has 0 radical (unpaired) electrons. The molecule has 0 saturated carbocycles. The van der Waals surface area contributed by atoms with E-state index < -0.39 is 11.0 Å². The third kappa shape index (κ3) is 5.58. The third-order valence-electron chi connectivity index (χ3n) is 3.82. The first-order valence-electron chi connectivity index (χ1n) is 8.75. The molecule has 0 aliphatic heterocycles. The van der Waals surface area contributed by atoms with Crippen LogP contribution in [0, 0.1) is 10.1 Å². The molecule has 0 fully saturated rings. The lowest BCUT2D eigenvalue weighted by molar-refractivity contribution is -0.384. The van der Waals surface area contributed by atoms with Crippen LogP contribution in [0.5, 0.6) is 17.4 Å². The number of oxime groups is 1. The van der Waals surface area contributed by atoms with Crippen molar-refractivity contribution in [3.8, 4) is 17.4 Å². The monoisotopic (exact) mass is 458 g/mol. The Labute approximate surface area is 185 Å². The number of hydrogen-bond acceptors (Lipinski definition) is 10. The Morgan fingerprint density at radius 2 is 1.94 bits per heavy atom. The van der Waals surface area contributed by atoms with Crippen molar-refractivity contribution in [3.05, 3.63) is 69.5 Å². The van der Waals surface area contributed by atoms with E-state index in [0.717, 1.165) is 0 Å². The quantitative estimate of drug-likeness (QED) is 0.302. The van der Waals surface area contributed by atoms with Crippen LogP contribution in [-0.4, -0.2) is 34.3 Å². The van der Waals surface area contributed by atoms with Gasteiger partial charge in [-0.3, -0.25) is 15.4 Å². The number of amides is 1. The van der Waals surface area contributed by atoms with Crippen molar-refractivity contribution < 1.29 is 24.0 Å². The van der Waals surface area contributed by atoms with Crippen LogP contribution < -0.4 is 20.5 Å². The van der Waals surface area contributed by atoms with Crippen LogP contribution in [0.4, 0.5) is 22.0 Å². The molecule has 3 N–H and O–H groups in total. The van der Waals surface area contributed by atoms with Crippen LogP contribution in [-0.2, 0) is 4.84 Å². The molecule has 1 aromatic heterocycles. The molecular weight excluding hydrogens is 444 g/mol. The summed E-state index contributed by atoms with van der Waals surface area (Å²) in [5.41, 5.74) is 6.24. The van der Waals surface area contributed by atoms with E-state index in [1.165, 1.54) is 62.1 Å². The molecule has 0 bridgehead atoms. The van der Waals surface area contributed by atoms with Gasteiger partial charge in [-0.05, 0) is 24.3 Å². The smallest absolute Gasteiger partial charge is 0.417 e. The van der Waals surface area contributed by atoms with E-state index in [-0.39, 0.29) is 33.8 Å². The van der Waals surface area contributed by atoms with Gasteiger partial charge in [0.25, 0.3) is 5.69 Å². The van der Waals surface area contributed by atoms with Crippen molar-refractivity contribution in [1.82, 2.24) is 9.97 Å². The predicted octanol–water partition coefficient (Wildman–Crippen LogP) is 4.00. The maximum Gasteiger partial charge on any atom is 0.417 e. The number of hydrogen-bond donors (Lipinski definition) is 2. The molecule has 12 nitrogen and oxygen atoms in total. The summed E-state index contributed by atoms with van der Waals surface area (Å²) in [6.07, 6.45) is 1.69. The van der Waals surface area contributed by atoms with Crippen molar-refractivity contribution in [2.24, 2.45) is 5.16 Å².